The molecule has 5 rings (SSSR count). The molecule has 2 heterocycles. The van der Waals surface area contributed by atoms with Crippen LogP contribution in [0.5, 0.6) is 0 Å². The molecule has 0 aliphatic carbocycles. The van der Waals surface area contributed by atoms with Gasteiger partial charge < -0.3 is 4.57 Å². The minimum Gasteiger partial charge on any atom is -0.342 e. The Morgan fingerprint density at radius 1 is 0.853 bits per heavy atom. The molecule has 4 aromatic rings. The lowest BCUT2D eigenvalue weighted by Crippen LogP contribution is -2.54. The number of hydrogen-bond donors (Lipinski definition) is 1. The average Bonchev–Trinajstić information content (AvgIpc) is 3.16. The van der Waals surface area contributed by atoms with Gasteiger partial charge in [-0.25, -0.2) is 18.5 Å². The zero-order valence-electron chi connectivity index (χ0n) is 17.7. The normalized spacial score (nSPS) is 15.3. The molecule has 0 bridgehead atoms. The van der Waals surface area contributed by atoms with Crippen molar-refractivity contribution in [2.24, 2.45) is 0 Å². The Bertz CT molecular complexity index is 1490. The van der Waals surface area contributed by atoms with Gasteiger partial charge in [0.1, 0.15) is 17.2 Å². The minimum atomic E-state index is -0.916. The highest BCUT2D eigenvalue weighted by Crippen LogP contribution is 2.27. The van der Waals surface area contributed by atoms with Crippen LogP contribution in [0.1, 0.15) is 11.1 Å². The van der Waals surface area contributed by atoms with E-state index >= 15 is 0 Å². The van der Waals surface area contributed by atoms with Gasteiger partial charge in [0, 0.05) is 28.2 Å². The lowest BCUT2D eigenvalue weighted by molar-refractivity contribution is -0.122. The van der Waals surface area contributed by atoms with E-state index in [-0.39, 0.29) is 23.6 Å². The number of benzene rings is 3. The van der Waals surface area contributed by atoms with Crippen LogP contribution in [0.15, 0.2) is 84.6 Å². The number of fused-ring (bicyclic) bond motifs is 1. The van der Waals surface area contributed by atoms with E-state index in [1.807, 2.05) is 28.8 Å². The molecule has 0 atom stereocenters. The molecule has 0 spiro atoms. The molecule has 1 aliphatic rings. The first-order chi connectivity index (χ1) is 16.4. The summed E-state index contributed by atoms with van der Waals surface area (Å²) < 4.78 is 29.4. The Morgan fingerprint density at radius 3 is 2.32 bits per heavy atom. The van der Waals surface area contributed by atoms with Gasteiger partial charge in [-0.1, -0.05) is 36.4 Å². The summed E-state index contributed by atoms with van der Waals surface area (Å²) in [5.74, 6) is -2.52. The number of nitrogens with zero attached hydrogens (tertiary/aromatic N) is 2. The molecule has 6 nitrogen and oxygen atoms in total. The zero-order chi connectivity index (χ0) is 23.8. The van der Waals surface area contributed by atoms with E-state index < -0.39 is 23.7 Å². The third kappa shape index (κ3) is 3.75. The first kappa shape index (κ1) is 21.3. The monoisotopic (exact) mass is 457 g/mol. The second kappa shape index (κ2) is 8.40. The van der Waals surface area contributed by atoms with Crippen molar-refractivity contribution in [3.63, 3.8) is 0 Å². The summed E-state index contributed by atoms with van der Waals surface area (Å²) in [6.07, 6.45) is 3.13. The summed E-state index contributed by atoms with van der Waals surface area (Å²) in [6, 6.07) is 17.6. The summed E-state index contributed by atoms with van der Waals surface area (Å²) in [5.41, 5.74) is 1.70. The Hall–Kier alpha value is -4.59. The first-order valence-corrected chi connectivity index (χ1v) is 10.4. The highest BCUT2D eigenvalue weighted by molar-refractivity contribution is 6.39. The van der Waals surface area contributed by atoms with Crippen LogP contribution in [0.4, 0.5) is 19.3 Å². The van der Waals surface area contributed by atoms with Crippen molar-refractivity contribution in [3.05, 3.63) is 107 Å². The molecule has 4 amide bonds. The van der Waals surface area contributed by atoms with E-state index in [9.17, 15) is 23.2 Å². The number of amides is 4. The van der Waals surface area contributed by atoms with Gasteiger partial charge in [-0.3, -0.25) is 14.9 Å². The molecule has 1 N–H and O–H groups in total. The van der Waals surface area contributed by atoms with Gasteiger partial charge in [-0.05, 0) is 42.5 Å². The van der Waals surface area contributed by atoms with Gasteiger partial charge in [0.2, 0.25) is 0 Å². The van der Waals surface area contributed by atoms with Gasteiger partial charge in [0.05, 0.1) is 12.2 Å². The Kier molecular flexibility index (Phi) is 5.25. The Labute approximate surface area is 192 Å². The number of barbiturate groups is 1. The fourth-order valence-electron chi connectivity index (χ4n) is 3.97. The number of nitrogens with one attached hydrogen (secondary N) is 1. The summed E-state index contributed by atoms with van der Waals surface area (Å²) >= 11 is 0. The smallest absolute Gasteiger partial charge is 0.335 e. The van der Waals surface area contributed by atoms with E-state index in [0.29, 0.717) is 11.1 Å². The van der Waals surface area contributed by atoms with E-state index in [0.717, 1.165) is 27.9 Å². The maximum atomic E-state index is 14.2. The first-order valence-electron chi connectivity index (χ1n) is 10.4. The van der Waals surface area contributed by atoms with Crippen molar-refractivity contribution in [3.8, 4) is 0 Å². The van der Waals surface area contributed by atoms with Gasteiger partial charge >= 0.3 is 6.03 Å². The quantitative estimate of drug-likeness (QED) is 0.359. The number of anilines is 1. The van der Waals surface area contributed by atoms with Crippen LogP contribution in [0.3, 0.4) is 0 Å². The number of aromatic nitrogens is 1. The number of carbonyl (C=O) groups is 3. The highest BCUT2D eigenvalue weighted by Gasteiger charge is 2.37. The van der Waals surface area contributed by atoms with E-state index in [2.05, 4.69) is 5.32 Å². The predicted molar refractivity (Wildman–Crippen MR) is 123 cm³/mol. The molecule has 0 radical (unpaired) electrons. The van der Waals surface area contributed by atoms with Gasteiger partial charge in [-0.15, -0.1) is 0 Å². The molecule has 1 aromatic heterocycles. The second-order valence-electron chi connectivity index (χ2n) is 7.76. The van der Waals surface area contributed by atoms with Crippen LogP contribution in [-0.4, -0.2) is 22.4 Å². The SMILES string of the molecule is O=C1NC(=O)N(c2ccc(F)cc2)C(=O)/C1=C/c1cn(Cc2ccccc2F)c2ccccc12. The van der Waals surface area contributed by atoms with Crippen molar-refractivity contribution >= 4 is 40.5 Å². The van der Waals surface area contributed by atoms with E-state index in [1.165, 1.54) is 24.3 Å². The van der Waals surface area contributed by atoms with Crippen LogP contribution < -0.4 is 10.2 Å². The highest BCUT2D eigenvalue weighted by atomic mass is 19.1. The molecule has 34 heavy (non-hydrogen) atoms. The third-order valence-electron chi connectivity index (χ3n) is 5.60. The minimum absolute atomic E-state index is 0.129. The number of para-hydroxylation sites is 1. The average molecular weight is 457 g/mol. The molecule has 168 valence electrons. The molecule has 8 heteroatoms. The fraction of sp³-hybridized carbons (Fsp3) is 0.0385. The predicted octanol–water partition coefficient (Wildman–Crippen LogP) is 4.63. The molecule has 0 unspecified atom stereocenters. The lowest BCUT2D eigenvalue weighted by Gasteiger charge is -2.26. The number of hydrogen-bond acceptors (Lipinski definition) is 3. The molecular formula is C26H17F2N3O3. The Morgan fingerprint density at radius 2 is 1.56 bits per heavy atom. The van der Waals surface area contributed by atoms with Gasteiger partial charge in [-0.2, -0.15) is 0 Å². The van der Waals surface area contributed by atoms with Crippen molar-refractivity contribution < 1.29 is 23.2 Å². The molecule has 1 saturated heterocycles. The van der Waals surface area contributed by atoms with Crippen molar-refractivity contribution in [1.29, 1.82) is 0 Å². The third-order valence-corrected chi connectivity index (χ3v) is 5.60. The molecular weight excluding hydrogens is 440 g/mol. The molecule has 3 aromatic carbocycles. The van der Waals surface area contributed by atoms with Gasteiger partial charge in [0.25, 0.3) is 11.8 Å². The summed E-state index contributed by atoms with van der Waals surface area (Å²) in [7, 11) is 0. The number of rotatable bonds is 4. The molecule has 0 saturated carbocycles. The topological polar surface area (TPSA) is 71.4 Å². The van der Waals surface area contributed by atoms with Crippen LogP contribution in [0, 0.1) is 11.6 Å². The van der Waals surface area contributed by atoms with Crippen molar-refractivity contribution in [1.82, 2.24) is 9.88 Å². The summed E-state index contributed by atoms with van der Waals surface area (Å²) in [5, 5.41) is 2.90. The van der Waals surface area contributed by atoms with Crippen LogP contribution in [-0.2, 0) is 16.1 Å². The molecule has 1 fully saturated rings. The van der Waals surface area contributed by atoms with Crippen molar-refractivity contribution in [2.45, 2.75) is 6.54 Å². The number of halogens is 2. The number of urea groups is 1. The zero-order valence-corrected chi connectivity index (χ0v) is 17.7. The van der Waals surface area contributed by atoms with E-state index in [1.54, 1.807) is 24.4 Å². The summed E-state index contributed by atoms with van der Waals surface area (Å²) in [4.78, 5) is 38.9. The van der Waals surface area contributed by atoms with Crippen molar-refractivity contribution in [2.75, 3.05) is 4.90 Å². The summed E-state index contributed by atoms with van der Waals surface area (Å²) in [6.45, 7) is 0.247. The fourth-order valence-corrected chi connectivity index (χ4v) is 3.97. The van der Waals surface area contributed by atoms with Gasteiger partial charge in [0.15, 0.2) is 0 Å². The van der Waals surface area contributed by atoms with E-state index in [4.69, 9.17) is 0 Å². The largest absolute Gasteiger partial charge is 0.342 e. The number of carbonyl (C=O) groups excluding carboxylic acids is 3. The second-order valence-corrected chi connectivity index (χ2v) is 7.76. The number of imide groups is 2. The maximum absolute atomic E-state index is 14.2. The standard InChI is InChI=1S/C26H17F2N3O3/c27-18-9-11-19(12-10-18)31-25(33)21(24(32)29-26(31)34)13-17-15-30(23-8-4-2-6-20(17)23)14-16-5-1-3-7-22(16)28/h1-13,15H,14H2,(H,29,32,34)/b21-13+. The molecule has 1 aliphatic heterocycles. The lowest BCUT2D eigenvalue weighted by atomic mass is 10.1. The van der Waals surface area contributed by atoms with Crippen LogP contribution >= 0.6 is 0 Å². The Balaban J connectivity index is 1.57. The van der Waals surface area contributed by atoms with Crippen LogP contribution in [0.25, 0.3) is 17.0 Å². The van der Waals surface area contributed by atoms with Crippen LogP contribution in [0.2, 0.25) is 0 Å². The maximum Gasteiger partial charge on any atom is 0.335 e.